The van der Waals surface area contributed by atoms with E-state index in [-0.39, 0.29) is 17.6 Å². The second-order valence-corrected chi connectivity index (χ2v) is 5.80. The van der Waals surface area contributed by atoms with Crippen molar-refractivity contribution in [1.29, 1.82) is 0 Å². The lowest BCUT2D eigenvalue weighted by Crippen LogP contribution is -2.25. The van der Waals surface area contributed by atoms with Crippen molar-refractivity contribution >= 4 is 23.0 Å². The number of hydrogen-bond acceptors (Lipinski definition) is 5. The number of carbonyl (C=O) groups is 2. The lowest BCUT2D eigenvalue weighted by atomic mass is 10.1. The molecule has 6 heteroatoms. The van der Waals surface area contributed by atoms with E-state index in [1.165, 1.54) is 7.11 Å². The summed E-state index contributed by atoms with van der Waals surface area (Å²) in [6, 6.07) is 12.2. The molecule has 1 amide bonds. The van der Waals surface area contributed by atoms with Gasteiger partial charge in [-0.2, -0.15) is 0 Å². The lowest BCUT2D eigenvalue weighted by Gasteiger charge is -2.15. The highest BCUT2D eigenvalue weighted by molar-refractivity contribution is 5.95. The van der Waals surface area contributed by atoms with Gasteiger partial charge in [0, 0.05) is 25.4 Å². The van der Waals surface area contributed by atoms with Crippen LogP contribution in [0.3, 0.4) is 0 Å². The van der Waals surface area contributed by atoms with Crippen LogP contribution in [0.15, 0.2) is 46.9 Å². The first-order valence-corrected chi connectivity index (χ1v) is 7.78. The van der Waals surface area contributed by atoms with Gasteiger partial charge in [0.05, 0.1) is 12.7 Å². The molecule has 2 heterocycles. The van der Waals surface area contributed by atoms with Gasteiger partial charge < -0.3 is 14.1 Å². The molecule has 6 nitrogen and oxygen atoms in total. The van der Waals surface area contributed by atoms with Gasteiger partial charge in [-0.1, -0.05) is 12.1 Å². The standard InChI is InChI=1S/C19H18N2O4/c1-12-4-9-16-15(20-12)10-17(25-16)18(22)21(2)11-13-5-7-14(8-6-13)19(23)24-3/h4-10H,11H2,1-3H3. The molecule has 0 fully saturated rings. The lowest BCUT2D eigenvalue weighted by molar-refractivity contribution is 0.0600. The molecule has 0 bridgehead atoms. The maximum Gasteiger partial charge on any atom is 0.337 e. The molecular formula is C19H18N2O4. The molecule has 1 aromatic carbocycles. The van der Waals surface area contributed by atoms with Gasteiger partial charge in [-0.25, -0.2) is 9.78 Å². The Morgan fingerprint density at radius 3 is 2.56 bits per heavy atom. The predicted octanol–water partition coefficient (Wildman–Crippen LogP) is 3.20. The second-order valence-electron chi connectivity index (χ2n) is 5.80. The molecule has 128 valence electrons. The summed E-state index contributed by atoms with van der Waals surface area (Å²) in [5, 5.41) is 0. The number of nitrogens with zero attached hydrogens (tertiary/aromatic N) is 2. The molecule has 0 aliphatic heterocycles. The van der Waals surface area contributed by atoms with Crippen LogP contribution in [-0.4, -0.2) is 35.9 Å². The normalized spacial score (nSPS) is 10.7. The van der Waals surface area contributed by atoms with Crippen LogP contribution in [0.2, 0.25) is 0 Å². The quantitative estimate of drug-likeness (QED) is 0.683. The number of amides is 1. The van der Waals surface area contributed by atoms with Crippen LogP contribution in [0.5, 0.6) is 0 Å². The third-order valence-electron chi connectivity index (χ3n) is 3.87. The van der Waals surface area contributed by atoms with E-state index in [0.29, 0.717) is 23.2 Å². The highest BCUT2D eigenvalue weighted by Gasteiger charge is 2.18. The van der Waals surface area contributed by atoms with Gasteiger partial charge in [-0.3, -0.25) is 4.79 Å². The van der Waals surface area contributed by atoms with Crippen molar-refractivity contribution in [3.63, 3.8) is 0 Å². The number of pyridine rings is 1. The highest BCUT2D eigenvalue weighted by Crippen LogP contribution is 2.19. The fraction of sp³-hybridized carbons (Fsp3) is 0.211. The molecule has 0 aliphatic carbocycles. The predicted molar refractivity (Wildman–Crippen MR) is 92.3 cm³/mol. The molecule has 0 aliphatic rings. The Morgan fingerprint density at radius 2 is 1.88 bits per heavy atom. The van der Waals surface area contributed by atoms with Gasteiger partial charge in [-0.15, -0.1) is 0 Å². The number of fused-ring (bicyclic) bond motifs is 1. The highest BCUT2D eigenvalue weighted by atomic mass is 16.5. The molecular weight excluding hydrogens is 320 g/mol. The molecule has 0 radical (unpaired) electrons. The summed E-state index contributed by atoms with van der Waals surface area (Å²) >= 11 is 0. The number of hydrogen-bond donors (Lipinski definition) is 0. The monoisotopic (exact) mass is 338 g/mol. The molecule has 3 rings (SSSR count). The zero-order chi connectivity index (χ0) is 18.0. The third-order valence-corrected chi connectivity index (χ3v) is 3.87. The SMILES string of the molecule is COC(=O)c1ccc(CN(C)C(=O)c2cc3nc(C)ccc3o2)cc1. The minimum absolute atomic E-state index is 0.229. The van der Waals surface area contributed by atoms with E-state index in [4.69, 9.17) is 4.42 Å². The van der Waals surface area contributed by atoms with E-state index in [0.717, 1.165) is 11.3 Å². The largest absolute Gasteiger partial charge is 0.465 e. The Labute approximate surface area is 145 Å². The first kappa shape index (κ1) is 16.7. The van der Waals surface area contributed by atoms with Crippen LogP contribution in [0.25, 0.3) is 11.1 Å². The average Bonchev–Trinajstić information content (AvgIpc) is 3.04. The smallest absolute Gasteiger partial charge is 0.337 e. The molecule has 2 aromatic heterocycles. The summed E-state index contributed by atoms with van der Waals surface area (Å²) < 4.78 is 10.3. The first-order chi connectivity index (χ1) is 12.0. The van der Waals surface area contributed by atoms with E-state index in [1.807, 2.05) is 13.0 Å². The van der Waals surface area contributed by atoms with Crippen molar-refractivity contribution in [2.24, 2.45) is 0 Å². The molecule has 0 unspecified atom stereocenters. The van der Waals surface area contributed by atoms with Crippen molar-refractivity contribution < 1.29 is 18.7 Å². The van der Waals surface area contributed by atoms with Crippen molar-refractivity contribution in [1.82, 2.24) is 9.88 Å². The zero-order valence-electron chi connectivity index (χ0n) is 14.3. The van der Waals surface area contributed by atoms with Crippen LogP contribution in [0.4, 0.5) is 0 Å². The number of furan rings is 1. The van der Waals surface area contributed by atoms with Crippen molar-refractivity contribution in [3.05, 3.63) is 65.0 Å². The topological polar surface area (TPSA) is 72.6 Å². The Morgan fingerprint density at radius 1 is 1.16 bits per heavy atom. The maximum absolute atomic E-state index is 12.6. The number of rotatable bonds is 4. The molecule has 25 heavy (non-hydrogen) atoms. The summed E-state index contributed by atoms with van der Waals surface area (Å²) in [6.07, 6.45) is 0. The fourth-order valence-electron chi connectivity index (χ4n) is 2.53. The molecule has 3 aromatic rings. The van der Waals surface area contributed by atoms with Gasteiger partial charge in [0.1, 0.15) is 5.52 Å². The minimum Gasteiger partial charge on any atom is -0.465 e. The van der Waals surface area contributed by atoms with Gasteiger partial charge in [0.25, 0.3) is 5.91 Å². The molecule has 0 saturated heterocycles. The Bertz CT molecular complexity index is 928. The number of aromatic nitrogens is 1. The maximum atomic E-state index is 12.6. The van der Waals surface area contributed by atoms with E-state index in [1.54, 1.807) is 48.3 Å². The fourth-order valence-corrected chi connectivity index (χ4v) is 2.53. The summed E-state index contributed by atoms with van der Waals surface area (Å²) in [5.41, 5.74) is 3.49. The zero-order valence-corrected chi connectivity index (χ0v) is 14.3. The minimum atomic E-state index is -0.388. The summed E-state index contributed by atoms with van der Waals surface area (Å²) in [6.45, 7) is 2.28. The van der Waals surface area contributed by atoms with Crippen LogP contribution in [0.1, 0.15) is 32.2 Å². The van der Waals surface area contributed by atoms with E-state index in [9.17, 15) is 9.59 Å². The summed E-state index contributed by atoms with van der Waals surface area (Å²) in [7, 11) is 3.04. The van der Waals surface area contributed by atoms with Gasteiger partial charge >= 0.3 is 5.97 Å². The van der Waals surface area contributed by atoms with Crippen molar-refractivity contribution in [2.45, 2.75) is 13.5 Å². The van der Waals surface area contributed by atoms with E-state index >= 15 is 0 Å². The van der Waals surface area contributed by atoms with Gasteiger partial charge in [0.15, 0.2) is 11.3 Å². The van der Waals surface area contributed by atoms with Gasteiger partial charge in [0.2, 0.25) is 0 Å². The number of benzene rings is 1. The molecule has 0 atom stereocenters. The number of aryl methyl sites for hydroxylation is 1. The third kappa shape index (κ3) is 3.52. The second kappa shape index (κ2) is 6.76. The van der Waals surface area contributed by atoms with Crippen molar-refractivity contribution in [2.75, 3.05) is 14.2 Å². The Hall–Kier alpha value is -3.15. The summed E-state index contributed by atoms with van der Waals surface area (Å²) in [5.74, 6) is -0.365. The summed E-state index contributed by atoms with van der Waals surface area (Å²) in [4.78, 5) is 29.9. The van der Waals surface area contributed by atoms with Crippen LogP contribution >= 0.6 is 0 Å². The van der Waals surface area contributed by atoms with E-state index < -0.39 is 0 Å². The molecule has 0 saturated carbocycles. The molecule has 0 spiro atoms. The number of carbonyl (C=O) groups excluding carboxylic acids is 2. The van der Waals surface area contributed by atoms with Crippen LogP contribution < -0.4 is 0 Å². The van der Waals surface area contributed by atoms with Crippen LogP contribution in [-0.2, 0) is 11.3 Å². The van der Waals surface area contributed by atoms with Crippen LogP contribution in [0, 0.1) is 6.92 Å². The molecule has 0 N–H and O–H groups in total. The Balaban J connectivity index is 1.74. The number of ether oxygens (including phenoxy) is 1. The average molecular weight is 338 g/mol. The van der Waals surface area contributed by atoms with Gasteiger partial charge in [-0.05, 0) is 36.8 Å². The Kier molecular flexibility index (Phi) is 4.52. The van der Waals surface area contributed by atoms with E-state index in [2.05, 4.69) is 9.72 Å². The number of methoxy groups -OCH3 is 1. The number of esters is 1. The van der Waals surface area contributed by atoms with Crippen molar-refractivity contribution in [3.8, 4) is 0 Å². The first-order valence-electron chi connectivity index (χ1n) is 7.78.